The molecule has 0 bridgehead atoms. The molecule has 0 aromatic heterocycles. The van der Waals surface area contributed by atoms with Crippen LogP contribution in [-0.2, 0) is 11.3 Å². The molecule has 2 rings (SSSR count). The van der Waals surface area contributed by atoms with Crippen molar-refractivity contribution in [2.24, 2.45) is 0 Å². The molecule has 0 atom stereocenters. The Balaban J connectivity index is 1.72. The van der Waals surface area contributed by atoms with E-state index in [1.807, 2.05) is 17.0 Å². The summed E-state index contributed by atoms with van der Waals surface area (Å²) in [6.45, 7) is 6.75. The lowest BCUT2D eigenvalue weighted by molar-refractivity contribution is -0.133. The molecule has 4 heteroatoms. The van der Waals surface area contributed by atoms with Gasteiger partial charge in [0.1, 0.15) is 0 Å². The van der Waals surface area contributed by atoms with Gasteiger partial charge in [-0.3, -0.25) is 9.69 Å². The summed E-state index contributed by atoms with van der Waals surface area (Å²) in [5, 5.41) is 0.779. The molecule has 1 amide bonds. The average molecular weight is 309 g/mol. The summed E-state index contributed by atoms with van der Waals surface area (Å²) < 4.78 is 0. The molecule has 1 heterocycles. The molecule has 1 aromatic rings. The third-order valence-electron chi connectivity index (χ3n) is 4.04. The van der Waals surface area contributed by atoms with Gasteiger partial charge < -0.3 is 4.90 Å². The highest BCUT2D eigenvalue weighted by Gasteiger charge is 2.20. The molecule has 0 saturated carbocycles. The molecular weight excluding hydrogens is 284 g/mol. The first-order valence-corrected chi connectivity index (χ1v) is 8.31. The molecule has 1 aliphatic rings. The van der Waals surface area contributed by atoms with E-state index >= 15 is 0 Å². The smallest absolute Gasteiger partial charge is 0.222 e. The van der Waals surface area contributed by atoms with Gasteiger partial charge in [-0.1, -0.05) is 43.5 Å². The van der Waals surface area contributed by atoms with Crippen LogP contribution in [0.5, 0.6) is 0 Å². The maximum absolute atomic E-state index is 12.1. The lowest BCUT2D eigenvalue weighted by atomic mass is 10.1. The summed E-state index contributed by atoms with van der Waals surface area (Å²) in [4.78, 5) is 16.5. The topological polar surface area (TPSA) is 23.6 Å². The van der Waals surface area contributed by atoms with Crippen LogP contribution in [0.3, 0.4) is 0 Å². The highest BCUT2D eigenvalue weighted by Crippen LogP contribution is 2.13. The van der Waals surface area contributed by atoms with E-state index in [4.69, 9.17) is 11.6 Å². The molecule has 0 unspecified atom stereocenters. The van der Waals surface area contributed by atoms with Gasteiger partial charge in [0, 0.05) is 44.2 Å². The second-order valence-electron chi connectivity index (χ2n) is 5.74. The average Bonchev–Trinajstić information content (AvgIpc) is 2.50. The molecule has 1 aliphatic heterocycles. The van der Waals surface area contributed by atoms with Crippen LogP contribution < -0.4 is 0 Å². The summed E-state index contributed by atoms with van der Waals surface area (Å²) in [5.74, 6) is 0.328. The number of amides is 1. The monoisotopic (exact) mass is 308 g/mol. The minimum Gasteiger partial charge on any atom is -0.340 e. The first-order valence-electron chi connectivity index (χ1n) is 7.93. The molecule has 0 N–H and O–H groups in total. The van der Waals surface area contributed by atoms with Crippen molar-refractivity contribution < 1.29 is 4.79 Å². The molecule has 3 nitrogen and oxygen atoms in total. The molecule has 1 fully saturated rings. The Morgan fingerprint density at radius 2 is 1.76 bits per heavy atom. The highest BCUT2D eigenvalue weighted by molar-refractivity contribution is 6.30. The van der Waals surface area contributed by atoms with E-state index in [0.717, 1.165) is 50.6 Å². The maximum atomic E-state index is 12.1. The molecular formula is C17H25ClN2O. The quantitative estimate of drug-likeness (QED) is 0.750. The Bertz CT molecular complexity index is 439. The molecule has 0 radical (unpaired) electrons. The molecule has 0 aliphatic carbocycles. The predicted molar refractivity (Wildman–Crippen MR) is 87.5 cm³/mol. The van der Waals surface area contributed by atoms with Crippen molar-refractivity contribution in [1.29, 1.82) is 0 Å². The Morgan fingerprint density at radius 1 is 1.10 bits per heavy atom. The third-order valence-corrected chi connectivity index (χ3v) is 4.29. The van der Waals surface area contributed by atoms with E-state index in [1.54, 1.807) is 0 Å². The Labute approximate surface area is 132 Å². The molecule has 0 spiro atoms. The fraction of sp³-hybridized carbons (Fsp3) is 0.588. The number of rotatable bonds is 6. The summed E-state index contributed by atoms with van der Waals surface area (Å²) in [6, 6.07) is 8.02. The molecule has 21 heavy (non-hydrogen) atoms. The lowest BCUT2D eigenvalue weighted by Gasteiger charge is -2.34. The number of carbonyl (C=O) groups is 1. The van der Waals surface area contributed by atoms with E-state index in [9.17, 15) is 4.79 Å². The number of halogens is 1. The third kappa shape index (κ3) is 5.33. The van der Waals surface area contributed by atoms with E-state index in [1.165, 1.54) is 12.0 Å². The van der Waals surface area contributed by atoms with Crippen molar-refractivity contribution in [3.63, 3.8) is 0 Å². The van der Waals surface area contributed by atoms with Crippen molar-refractivity contribution in [3.05, 3.63) is 34.9 Å². The van der Waals surface area contributed by atoms with Crippen molar-refractivity contribution in [2.75, 3.05) is 26.2 Å². The molecule has 1 aromatic carbocycles. The van der Waals surface area contributed by atoms with Crippen LogP contribution in [0, 0.1) is 0 Å². The largest absolute Gasteiger partial charge is 0.340 e. The maximum Gasteiger partial charge on any atom is 0.222 e. The van der Waals surface area contributed by atoms with Gasteiger partial charge in [-0.25, -0.2) is 0 Å². The van der Waals surface area contributed by atoms with Gasteiger partial charge in [0.05, 0.1) is 0 Å². The highest BCUT2D eigenvalue weighted by atomic mass is 35.5. The van der Waals surface area contributed by atoms with Crippen LogP contribution in [0.25, 0.3) is 0 Å². The van der Waals surface area contributed by atoms with Crippen molar-refractivity contribution >= 4 is 17.5 Å². The predicted octanol–water partition coefficient (Wildman–Crippen LogP) is 3.56. The van der Waals surface area contributed by atoms with Gasteiger partial charge in [0.2, 0.25) is 5.91 Å². The first-order chi connectivity index (χ1) is 10.2. The number of hydrogen-bond acceptors (Lipinski definition) is 2. The van der Waals surface area contributed by atoms with Gasteiger partial charge in [-0.05, 0) is 24.1 Å². The van der Waals surface area contributed by atoms with Crippen LogP contribution in [-0.4, -0.2) is 41.9 Å². The zero-order valence-electron chi connectivity index (χ0n) is 12.9. The fourth-order valence-electron chi connectivity index (χ4n) is 2.69. The van der Waals surface area contributed by atoms with Crippen molar-refractivity contribution in [1.82, 2.24) is 9.80 Å². The van der Waals surface area contributed by atoms with Crippen LogP contribution in [0.2, 0.25) is 5.02 Å². The first kappa shape index (κ1) is 16.3. The Hall–Kier alpha value is -1.06. The number of unbranched alkanes of at least 4 members (excludes halogenated alkanes) is 2. The van der Waals surface area contributed by atoms with E-state index in [-0.39, 0.29) is 0 Å². The number of carbonyl (C=O) groups excluding carboxylic acids is 1. The van der Waals surface area contributed by atoms with Crippen molar-refractivity contribution in [3.8, 4) is 0 Å². The van der Waals surface area contributed by atoms with E-state index in [0.29, 0.717) is 12.3 Å². The van der Waals surface area contributed by atoms with Crippen LogP contribution in [0.1, 0.15) is 38.2 Å². The SMILES string of the molecule is CCCCCC(=O)N1CCN(Cc2ccc(Cl)cc2)CC1. The zero-order chi connectivity index (χ0) is 15.1. The van der Waals surface area contributed by atoms with Crippen molar-refractivity contribution in [2.45, 2.75) is 39.2 Å². The van der Waals surface area contributed by atoms with Gasteiger partial charge in [0.25, 0.3) is 0 Å². The minimum absolute atomic E-state index is 0.328. The van der Waals surface area contributed by atoms with Crippen LogP contribution in [0.4, 0.5) is 0 Å². The summed E-state index contributed by atoms with van der Waals surface area (Å²) in [7, 11) is 0. The minimum atomic E-state index is 0.328. The Kier molecular flexibility index (Phi) is 6.52. The number of benzene rings is 1. The molecule has 1 saturated heterocycles. The van der Waals surface area contributed by atoms with Gasteiger partial charge >= 0.3 is 0 Å². The second-order valence-corrected chi connectivity index (χ2v) is 6.18. The standard InChI is InChI=1S/C17H25ClN2O/c1-2-3-4-5-17(21)20-12-10-19(11-13-20)14-15-6-8-16(18)9-7-15/h6-9H,2-5,10-14H2,1H3. The number of hydrogen-bond donors (Lipinski definition) is 0. The summed E-state index contributed by atoms with van der Waals surface area (Å²) >= 11 is 5.90. The zero-order valence-corrected chi connectivity index (χ0v) is 13.6. The summed E-state index contributed by atoms with van der Waals surface area (Å²) in [6.07, 6.45) is 4.07. The van der Waals surface area contributed by atoms with E-state index in [2.05, 4.69) is 24.0 Å². The van der Waals surface area contributed by atoms with Gasteiger partial charge in [-0.15, -0.1) is 0 Å². The molecule has 116 valence electrons. The Morgan fingerprint density at radius 3 is 2.38 bits per heavy atom. The fourth-order valence-corrected chi connectivity index (χ4v) is 2.81. The van der Waals surface area contributed by atoms with Gasteiger partial charge in [0.15, 0.2) is 0 Å². The van der Waals surface area contributed by atoms with Crippen LogP contribution in [0.15, 0.2) is 24.3 Å². The van der Waals surface area contributed by atoms with Gasteiger partial charge in [-0.2, -0.15) is 0 Å². The number of piperazine rings is 1. The van der Waals surface area contributed by atoms with Crippen LogP contribution >= 0.6 is 11.6 Å². The lowest BCUT2D eigenvalue weighted by Crippen LogP contribution is -2.48. The normalized spacial score (nSPS) is 16.2. The van der Waals surface area contributed by atoms with E-state index < -0.39 is 0 Å². The number of nitrogens with zero attached hydrogens (tertiary/aromatic N) is 2. The summed E-state index contributed by atoms with van der Waals surface area (Å²) in [5.41, 5.74) is 1.28. The second kappa shape index (κ2) is 8.40.